The Bertz CT molecular complexity index is 644. The van der Waals surface area contributed by atoms with E-state index in [9.17, 15) is 13.2 Å². The van der Waals surface area contributed by atoms with Crippen LogP contribution in [-0.4, -0.2) is 17.6 Å². The van der Waals surface area contributed by atoms with Crippen LogP contribution in [0.3, 0.4) is 0 Å². The van der Waals surface area contributed by atoms with Crippen molar-refractivity contribution in [1.29, 1.82) is 0 Å². The maximum atomic E-state index is 13.0. The quantitative estimate of drug-likeness (QED) is 0.781. The molecular weight excluding hydrogens is 268 g/mol. The third kappa shape index (κ3) is 2.49. The van der Waals surface area contributed by atoms with Gasteiger partial charge in [-0.2, -0.15) is 18.3 Å². The minimum atomic E-state index is -4.46. The highest BCUT2D eigenvalue weighted by Gasteiger charge is 2.37. The van der Waals surface area contributed by atoms with Crippen molar-refractivity contribution >= 4 is 19.0 Å². The van der Waals surface area contributed by atoms with Crippen LogP contribution < -0.4 is 16.9 Å². The second-order valence-corrected chi connectivity index (χ2v) is 4.25. The van der Waals surface area contributed by atoms with E-state index in [1.807, 2.05) is 0 Å². The summed E-state index contributed by atoms with van der Waals surface area (Å²) in [5.41, 5.74) is 11.5. The summed E-state index contributed by atoms with van der Waals surface area (Å²) in [5.74, 6) is 0. The number of nitrogens with zero attached hydrogens (tertiary/aromatic N) is 2. The lowest BCUT2D eigenvalue weighted by molar-refractivity contribution is -0.141. The first-order valence-electron chi connectivity index (χ1n) is 5.74. The third-order valence-corrected chi connectivity index (χ3v) is 2.85. The van der Waals surface area contributed by atoms with E-state index in [0.717, 1.165) is 4.68 Å². The molecule has 4 N–H and O–H groups in total. The second kappa shape index (κ2) is 4.95. The average Bonchev–Trinajstić information content (AvgIpc) is 2.80. The van der Waals surface area contributed by atoms with Crippen molar-refractivity contribution in [3.05, 3.63) is 47.9 Å². The van der Waals surface area contributed by atoms with Gasteiger partial charge in [0.25, 0.3) is 0 Å². The smallest absolute Gasteiger partial charge is 0.403 e. The van der Waals surface area contributed by atoms with Crippen molar-refractivity contribution in [3.8, 4) is 5.69 Å². The van der Waals surface area contributed by atoms with Gasteiger partial charge in [0, 0.05) is 12.4 Å². The Morgan fingerprint density at radius 1 is 1.25 bits per heavy atom. The highest BCUT2D eigenvalue weighted by Crippen LogP contribution is 2.29. The van der Waals surface area contributed by atoms with Gasteiger partial charge in [0.15, 0.2) is 0 Å². The molecule has 0 radical (unpaired) electrons. The average molecular weight is 280 g/mol. The standard InChI is InChI=1S/C12H12BF3N4/c13-9-6-19-20(11(9)12(14,15)16)8-3-1-7(2-4-8)10(18)5-17/h1-6H,13,17-18H2/b10-5-. The van der Waals surface area contributed by atoms with Gasteiger partial charge < -0.3 is 11.5 Å². The Morgan fingerprint density at radius 3 is 2.35 bits per heavy atom. The predicted octanol–water partition coefficient (Wildman–Crippen LogP) is 0.365. The van der Waals surface area contributed by atoms with Crippen molar-refractivity contribution < 1.29 is 13.2 Å². The van der Waals surface area contributed by atoms with E-state index in [-0.39, 0.29) is 5.46 Å². The maximum Gasteiger partial charge on any atom is 0.432 e. The molecule has 0 bridgehead atoms. The summed E-state index contributed by atoms with van der Waals surface area (Å²) in [7, 11) is 1.37. The van der Waals surface area contributed by atoms with Crippen molar-refractivity contribution in [2.24, 2.45) is 11.5 Å². The summed E-state index contributed by atoms with van der Waals surface area (Å²) in [5, 5.41) is 3.77. The zero-order chi connectivity index (χ0) is 14.9. The van der Waals surface area contributed by atoms with E-state index < -0.39 is 11.9 Å². The Morgan fingerprint density at radius 2 is 1.85 bits per heavy atom. The van der Waals surface area contributed by atoms with E-state index in [0.29, 0.717) is 16.9 Å². The van der Waals surface area contributed by atoms with Gasteiger partial charge in [0.05, 0.1) is 11.4 Å². The molecule has 0 aliphatic carbocycles. The van der Waals surface area contributed by atoms with Crippen molar-refractivity contribution in [2.75, 3.05) is 0 Å². The molecule has 4 nitrogen and oxygen atoms in total. The van der Waals surface area contributed by atoms with Crippen molar-refractivity contribution in [3.63, 3.8) is 0 Å². The van der Waals surface area contributed by atoms with Gasteiger partial charge in [-0.3, -0.25) is 0 Å². The Kier molecular flexibility index (Phi) is 3.48. The minimum Gasteiger partial charge on any atom is -0.403 e. The molecule has 1 heterocycles. The van der Waals surface area contributed by atoms with Gasteiger partial charge >= 0.3 is 6.18 Å². The molecule has 104 valence electrons. The topological polar surface area (TPSA) is 69.9 Å². The summed E-state index contributed by atoms with van der Waals surface area (Å²) in [6.07, 6.45) is -2.05. The first kappa shape index (κ1) is 14.0. The monoisotopic (exact) mass is 280 g/mol. The highest BCUT2D eigenvalue weighted by atomic mass is 19.4. The van der Waals surface area contributed by atoms with Crippen LogP contribution in [0.2, 0.25) is 0 Å². The molecule has 20 heavy (non-hydrogen) atoms. The van der Waals surface area contributed by atoms with Crippen LogP contribution in [0, 0.1) is 0 Å². The van der Waals surface area contributed by atoms with Gasteiger partial charge in [0.1, 0.15) is 13.5 Å². The normalized spacial score (nSPS) is 12.7. The summed E-state index contributed by atoms with van der Waals surface area (Å²) in [6, 6.07) is 6.19. The number of halogens is 3. The summed E-state index contributed by atoms with van der Waals surface area (Å²) >= 11 is 0. The van der Waals surface area contributed by atoms with E-state index in [1.165, 1.54) is 32.4 Å². The SMILES string of the molecule is Bc1cnn(-c2ccc(/C(N)=C/N)cc2)c1C(F)(F)F. The molecule has 8 heteroatoms. The van der Waals surface area contributed by atoms with Gasteiger partial charge in [-0.15, -0.1) is 0 Å². The van der Waals surface area contributed by atoms with Crippen LogP contribution in [0.15, 0.2) is 36.7 Å². The van der Waals surface area contributed by atoms with Gasteiger partial charge in [-0.25, -0.2) is 4.68 Å². The molecule has 0 spiro atoms. The molecule has 1 aromatic heterocycles. The highest BCUT2D eigenvalue weighted by molar-refractivity contribution is 6.33. The van der Waals surface area contributed by atoms with E-state index in [4.69, 9.17) is 11.5 Å². The number of nitrogens with two attached hydrogens (primary N) is 2. The van der Waals surface area contributed by atoms with Crippen LogP contribution in [0.5, 0.6) is 0 Å². The third-order valence-electron chi connectivity index (χ3n) is 2.85. The van der Waals surface area contributed by atoms with E-state index in [2.05, 4.69) is 5.10 Å². The Hall–Kier alpha value is -2.38. The fourth-order valence-corrected chi connectivity index (χ4v) is 1.86. The number of aromatic nitrogens is 2. The van der Waals surface area contributed by atoms with Crippen LogP contribution in [-0.2, 0) is 6.18 Å². The molecule has 0 aliphatic heterocycles. The van der Waals surface area contributed by atoms with E-state index in [1.54, 1.807) is 12.1 Å². The lowest BCUT2D eigenvalue weighted by Gasteiger charge is -2.12. The number of alkyl halides is 3. The molecular formula is C12H12BF3N4. The molecule has 0 unspecified atom stereocenters. The molecule has 0 atom stereocenters. The Balaban J connectivity index is 2.48. The largest absolute Gasteiger partial charge is 0.432 e. The predicted molar refractivity (Wildman–Crippen MR) is 73.1 cm³/mol. The first-order valence-corrected chi connectivity index (χ1v) is 5.74. The van der Waals surface area contributed by atoms with Gasteiger partial charge in [-0.1, -0.05) is 12.1 Å². The van der Waals surface area contributed by atoms with Gasteiger partial charge in [-0.05, 0) is 23.2 Å². The molecule has 2 aromatic rings. The fraction of sp³-hybridized carbons (Fsp3) is 0.0833. The van der Waals surface area contributed by atoms with Crippen LogP contribution in [0.1, 0.15) is 11.3 Å². The van der Waals surface area contributed by atoms with Crippen molar-refractivity contribution in [2.45, 2.75) is 6.18 Å². The van der Waals surface area contributed by atoms with E-state index >= 15 is 0 Å². The lowest BCUT2D eigenvalue weighted by atomic mass is 9.96. The zero-order valence-corrected chi connectivity index (χ0v) is 10.6. The lowest BCUT2D eigenvalue weighted by Crippen LogP contribution is -2.22. The maximum absolute atomic E-state index is 13.0. The van der Waals surface area contributed by atoms with Crippen LogP contribution in [0.4, 0.5) is 13.2 Å². The second-order valence-electron chi connectivity index (χ2n) is 4.25. The molecule has 0 saturated heterocycles. The zero-order valence-electron chi connectivity index (χ0n) is 10.6. The molecule has 0 saturated carbocycles. The molecule has 0 aliphatic rings. The minimum absolute atomic E-state index is 0.0722. The summed E-state index contributed by atoms with van der Waals surface area (Å²) in [4.78, 5) is 0. The number of rotatable bonds is 2. The summed E-state index contributed by atoms with van der Waals surface area (Å²) < 4.78 is 39.8. The number of benzene rings is 1. The molecule has 2 rings (SSSR count). The van der Waals surface area contributed by atoms with Crippen LogP contribution >= 0.6 is 0 Å². The molecule has 1 aromatic carbocycles. The number of hydrogen-bond acceptors (Lipinski definition) is 3. The summed E-state index contributed by atoms with van der Waals surface area (Å²) in [6.45, 7) is 0. The Labute approximate surface area is 114 Å². The first-order chi connectivity index (χ1) is 9.34. The van der Waals surface area contributed by atoms with Gasteiger partial charge in [0.2, 0.25) is 0 Å². The van der Waals surface area contributed by atoms with Crippen molar-refractivity contribution in [1.82, 2.24) is 9.78 Å². The number of hydrogen-bond donors (Lipinski definition) is 2. The fourth-order valence-electron chi connectivity index (χ4n) is 1.86. The molecule has 0 fully saturated rings. The molecule has 0 amide bonds. The van der Waals surface area contributed by atoms with Crippen LogP contribution in [0.25, 0.3) is 11.4 Å².